The van der Waals surface area contributed by atoms with Gasteiger partial charge in [0.05, 0.1) is 26.4 Å². The number of methoxy groups -OCH3 is 1. The Hall–Kier alpha value is -3.21. The molecule has 0 bridgehead atoms. The van der Waals surface area contributed by atoms with Gasteiger partial charge in [-0.05, 0) is 35.9 Å². The SMILES string of the molecule is COc1ccc(N2CCN(C(CNC(=O)C(=O)NCCN3CCOCC3)c3cccnc3)CC2)cc1. The Morgan fingerprint density at radius 1 is 1.00 bits per heavy atom. The van der Waals surface area contributed by atoms with Gasteiger partial charge >= 0.3 is 11.8 Å². The Balaban J connectivity index is 1.29. The quantitative estimate of drug-likeness (QED) is 0.485. The van der Waals surface area contributed by atoms with E-state index in [4.69, 9.17) is 9.47 Å². The summed E-state index contributed by atoms with van der Waals surface area (Å²) in [5, 5.41) is 5.57. The molecule has 194 valence electrons. The molecule has 10 heteroatoms. The second-order valence-corrected chi connectivity index (χ2v) is 8.94. The van der Waals surface area contributed by atoms with Crippen LogP contribution in [-0.4, -0.2) is 106 Å². The molecule has 3 heterocycles. The third-order valence-corrected chi connectivity index (χ3v) is 6.74. The van der Waals surface area contributed by atoms with Gasteiger partial charge in [0.15, 0.2) is 0 Å². The number of nitrogens with zero attached hydrogens (tertiary/aromatic N) is 4. The molecule has 1 aromatic carbocycles. The highest BCUT2D eigenvalue weighted by Crippen LogP contribution is 2.25. The summed E-state index contributed by atoms with van der Waals surface area (Å²) in [6.07, 6.45) is 3.57. The molecule has 0 radical (unpaired) electrons. The lowest BCUT2D eigenvalue weighted by Crippen LogP contribution is -2.51. The summed E-state index contributed by atoms with van der Waals surface area (Å²) in [5.74, 6) is -0.366. The molecular formula is C26H36N6O4. The lowest BCUT2D eigenvalue weighted by molar-refractivity contribution is -0.139. The predicted molar refractivity (Wildman–Crippen MR) is 137 cm³/mol. The van der Waals surface area contributed by atoms with Crippen molar-refractivity contribution >= 4 is 17.5 Å². The lowest BCUT2D eigenvalue weighted by atomic mass is 10.1. The average Bonchev–Trinajstić information content (AvgIpc) is 2.94. The second-order valence-electron chi connectivity index (χ2n) is 8.94. The standard InChI is InChI=1S/C26H36N6O4/c1-35-23-6-4-22(5-7-23)31-11-13-32(14-12-31)24(21-3-2-8-27-19-21)20-29-26(34)25(33)28-9-10-30-15-17-36-18-16-30/h2-8,19,24H,9-18,20H2,1H3,(H,28,33)(H,29,34). The molecule has 10 nitrogen and oxygen atoms in total. The minimum atomic E-state index is -0.609. The van der Waals surface area contributed by atoms with Gasteiger partial charge in [0.2, 0.25) is 0 Å². The Bertz CT molecular complexity index is 960. The van der Waals surface area contributed by atoms with Crippen molar-refractivity contribution in [2.24, 2.45) is 0 Å². The first kappa shape index (κ1) is 25.9. The molecule has 0 saturated carbocycles. The zero-order valence-electron chi connectivity index (χ0n) is 20.9. The number of amides is 2. The van der Waals surface area contributed by atoms with Crippen LogP contribution in [0.1, 0.15) is 11.6 Å². The third kappa shape index (κ3) is 7.16. The van der Waals surface area contributed by atoms with Crippen molar-refractivity contribution in [3.63, 3.8) is 0 Å². The van der Waals surface area contributed by atoms with E-state index in [1.807, 2.05) is 30.5 Å². The zero-order chi connectivity index (χ0) is 25.2. The van der Waals surface area contributed by atoms with Crippen LogP contribution in [0.15, 0.2) is 48.8 Å². The Kier molecular flexibility index (Phi) is 9.48. The average molecular weight is 497 g/mol. The van der Waals surface area contributed by atoms with E-state index < -0.39 is 11.8 Å². The van der Waals surface area contributed by atoms with Gasteiger partial charge in [-0.3, -0.25) is 24.4 Å². The molecule has 2 fully saturated rings. The number of benzene rings is 1. The number of carbonyl (C=O) groups excluding carboxylic acids is 2. The number of ether oxygens (including phenoxy) is 2. The molecule has 2 amide bonds. The first-order valence-electron chi connectivity index (χ1n) is 12.5. The molecule has 1 atom stereocenters. The van der Waals surface area contributed by atoms with Gasteiger partial charge in [-0.1, -0.05) is 6.07 Å². The van der Waals surface area contributed by atoms with E-state index in [2.05, 4.69) is 42.5 Å². The summed E-state index contributed by atoms with van der Waals surface area (Å²) >= 11 is 0. The van der Waals surface area contributed by atoms with Crippen LogP contribution >= 0.6 is 0 Å². The first-order chi connectivity index (χ1) is 17.6. The van der Waals surface area contributed by atoms with Gasteiger partial charge in [-0.2, -0.15) is 0 Å². The lowest BCUT2D eigenvalue weighted by Gasteiger charge is -2.40. The number of rotatable bonds is 9. The molecule has 1 aromatic heterocycles. The molecule has 0 aliphatic carbocycles. The monoisotopic (exact) mass is 496 g/mol. The molecule has 1 unspecified atom stereocenters. The summed E-state index contributed by atoms with van der Waals surface area (Å²) < 4.78 is 10.6. The highest BCUT2D eigenvalue weighted by molar-refractivity contribution is 6.35. The number of anilines is 1. The number of piperazine rings is 1. The predicted octanol–water partition coefficient (Wildman–Crippen LogP) is 0.518. The maximum atomic E-state index is 12.5. The van der Waals surface area contributed by atoms with Crippen molar-refractivity contribution in [2.45, 2.75) is 6.04 Å². The number of hydrogen-bond acceptors (Lipinski definition) is 8. The van der Waals surface area contributed by atoms with Crippen LogP contribution in [0.5, 0.6) is 5.75 Å². The second kappa shape index (κ2) is 13.2. The van der Waals surface area contributed by atoms with E-state index in [0.29, 0.717) is 32.8 Å². The molecule has 2 aliphatic rings. The van der Waals surface area contributed by atoms with Crippen LogP contribution in [0.25, 0.3) is 0 Å². The maximum Gasteiger partial charge on any atom is 0.309 e. The minimum absolute atomic E-state index is 0.0678. The first-order valence-corrected chi connectivity index (χ1v) is 12.5. The van der Waals surface area contributed by atoms with Crippen molar-refractivity contribution in [3.05, 3.63) is 54.4 Å². The van der Waals surface area contributed by atoms with Crippen LogP contribution in [-0.2, 0) is 14.3 Å². The summed E-state index contributed by atoms with van der Waals surface area (Å²) in [6, 6.07) is 11.9. The highest BCUT2D eigenvalue weighted by atomic mass is 16.5. The summed E-state index contributed by atoms with van der Waals surface area (Å²) in [5.41, 5.74) is 2.18. The largest absolute Gasteiger partial charge is 0.497 e. The number of pyridine rings is 1. The molecule has 2 N–H and O–H groups in total. The third-order valence-electron chi connectivity index (χ3n) is 6.74. The van der Waals surface area contributed by atoms with Gasteiger partial charge in [-0.15, -0.1) is 0 Å². The fourth-order valence-electron chi connectivity index (χ4n) is 4.62. The summed E-state index contributed by atoms with van der Waals surface area (Å²) in [4.78, 5) is 36.0. The van der Waals surface area contributed by atoms with Crippen molar-refractivity contribution in [1.29, 1.82) is 0 Å². The van der Waals surface area contributed by atoms with Gasteiger partial charge < -0.3 is 25.0 Å². The van der Waals surface area contributed by atoms with E-state index in [-0.39, 0.29) is 6.04 Å². The number of nitrogens with one attached hydrogen (secondary N) is 2. The van der Waals surface area contributed by atoms with Crippen LogP contribution in [0.4, 0.5) is 5.69 Å². The normalized spacial score (nSPS) is 17.9. The van der Waals surface area contributed by atoms with Gasteiger partial charge in [0, 0.05) is 77.0 Å². The molecule has 2 aliphatic heterocycles. The number of aromatic nitrogens is 1. The maximum absolute atomic E-state index is 12.5. The van der Waals surface area contributed by atoms with Crippen LogP contribution in [0.3, 0.4) is 0 Å². The van der Waals surface area contributed by atoms with Crippen molar-refractivity contribution in [1.82, 2.24) is 25.4 Å². The highest BCUT2D eigenvalue weighted by Gasteiger charge is 2.27. The van der Waals surface area contributed by atoms with E-state index in [0.717, 1.165) is 56.3 Å². The molecular weight excluding hydrogens is 460 g/mol. The van der Waals surface area contributed by atoms with Crippen LogP contribution < -0.4 is 20.3 Å². The zero-order valence-corrected chi connectivity index (χ0v) is 20.9. The van der Waals surface area contributed by atoms with Gasteiger partial charge in [0.1, 0.15) is 5.75 Å². The number of carbonyl (C=O) groups is 2. The van der Waals surface area contributed by atoms with E-state index >= 15 is 0 Å². The minimum Gasteiger partial charge on any atom is -0.497 e. The Morgan fingerprint density at radius 2 is 1.72 bits per heavy atom. The fraction of sp³-hybridized carbons (Fsp3) is 0.500. The fourth-order valence-corrected chi connectivity index (χ4v) is 4.62. The van der Waals surface area contributed by atoms with E-state index in [9.17, 15) is 9.59 Å². The Morgan fingerprint density at radius 3 is 2.39 bits per heavy atom. The summed E-state index contributed by atoms with van der Waals surface area (Å²) in [7, 11) is 1.67. The van der Waals surface area contributed by atoms with E-state index in [1.54, 1.807) is 13.3 Å². The topological polar surface area (TPSA) is 99.3 Å². The number of morpholine rings is 1. The molecule has 36 heavy (non-hydrogen) atoms. The molecule has 2 saturated heterocycles. The van der Waals surface area contributed by atoms with Crippen molar-refractivity contribution in [3.8, 4) is 5.75 Å². The molecule has 2 aromatic rings. The van der Waals surface area contributed by atoms with E-state index in [1.165, 1.54) is 0 Å². The molecule has 0 spiro atoms. The smallest absolute Gasteiger partial charge is 0.309 e. The van der Waals surface area contributed by atoms with Crippen molar-refractivity contribution < 1.29 is 19.1 Å². The van der Waals surface area contributed by atoms with Gasteiger partial charge in [-0.25, -0.2) is 0 Å². The van der Waals surface area contributed by atoms with Crippen LogP contribution in [0.2, 0.25) is 0 Å². The van der Waals surface area contributed by atoms with Gasteiger partial charge in [0.25, 0.3) is 0 Å². The summed E-state index contributed by atoms with van der Waals surface area (Å²) in [6.45, 7) is 7.96. The molecule has 4 rings (SSSR count). The van der Waals surface area contributed by atoms with Crippen molar-refractivity contribution in [2.75, 3.05) is 84.1 Å². The van der Waals surface area contributed by atoms with Crippen LogP contribution in [0, 0.1) is 0 Å². The Labute approximate surface area is 212 Å². The number of hydrogen-bond donors (Lipinski definition) is 2.